The molecule has 2 aromatic rings. The largest absolute Gasteiger partial charge is 0.748 e. The first-order valence-corrected chi connectivity index (χ1v) is 21.7. The van der Waals surface area contributed by atoms with Gasteiger partial charge in [-0.25, -0.2) is 69.8 Å². The highest BCUT2D eigenvalue weighted by Crippen LogP contribution is 2.34. The molecule has 0 atom stereocenters. The molecule has 0 aromatic heterocycles. The van der Waals surface area contributed by atoms with Crippen LogP contribution in [-0.4, -0.2) is 127 Å². The van der Waals surface area contributed by atoms with Gasteiger partial charge in [-0.05, 0) is 31.6 Å². The fourth-order valence-electron chi connectivity index (χ4n) is 4.23. The Bertz CT molecular complexity index is 2310. The highest BCUT2D eigenvalue weighted by Gasteiger charge is 2.34. The number of nitrogens with zero attached hydrogens (tertiary/aromatic N) is 8. The maximum atomic E-state index is 14.0. The molecule has 20 nitrogen and oxygen atoms in total. The zero-order valence-corrected chi connectivity index (χ0v) is 33.7. The van der Waals surface area contributed by atoms with E-state index >= 15 is 0 Å². The van der Waals surface area contributed by atoms with E-state index in [0.717, 1.165) is 0 Å². The minimum absolute atomic E-state index is 0.00780. The van der Waals surface area contributed by atoms with Crippen molar-refractivity contribution in [1.82, 2.24) is 14.3 Å². The summed E-state index contributed by atoms with van der Waals surface area (Å²) in [5, 5.41) is 4.92. The molecule has 1 heterocycles. The number of benzene rings is 2. The lowest BCUT2D eigenvalue weighted by Gasteiger charge is -2.30. The van der Waals surface area contributed by atoms with Gasteiger partial charge in [-0.3, -0.25) is 4.18 Å². The first-order chi connectivity index (χ1) is 26.5. The zero-order chi connectivity index (χ0) is 45.0. The van der Waals surface area contributed by atoms with Crippen LogP contribution in [0.1, 0.15) is 12.8 Å². The summed E-state index contributed by atoms with van der Waals surface area (Å²) in [4.78, 5) is 1.87. The summed E-state index contributed by atoms with van der Waals surface area (Å²) in [6.07, 6.45) is 0.647. The van der Waals surface area contributed by atoms with Gasteiger partial charge in [0.25, 0.3) is 10.1 Å². The molecule has 0 radical (unpaired) electrons. The van der Waals surface area contributed by atoms with Crippen LogP contribution < -0.4 is 9.44 Å². The Balaban J connectivity index is 0.000000507. The van der Waals surface area contributed by atoms with Crippen LogP contribution in [0.5, 0.6) is 0 Å². The number of azide groups is 2. The molecule has 32 heteroatoms. The van der Waals surface area contributed by atoms with Crippen molar-refractivity contribution in [3.63, 3.8) is 0 Å². The summed E-state index contributed by atoms with van der Waals surface area (Å²) >= 11 is 0. The summed E-state index contributed by atoms with van der Waals surface area (Å²) < 4.78 is 218. The van der Waals surface area contributed by atoms with E-state index in [1.807, 2.05) is 14.5 Å². The van der Waals surface area contributed by atoms with E-state index in [9.17, 15) is 73.3 Å². The van der Waals surface area contributed by atoms with Gasteiger partial charge in [0.2, 0.25) is 20.0 Å². The topological polar surface area (TPSA) is 294 Å². The molecule has 0 unspecified atom stereocenters. The smallest absolute Gasteiger partial charge is 0.267 e. The summed E-state index contributed by atoms with van der Waals surface area (Å²) in [7, 11) is -11.0. The number of rotatable bonds is 16. The van der Waals surface area contributed by atoms with Crippen LogP contribution in [0.4, 0.5) is 46.5 Å². The SMILES string of the molecule is CN(C)CCNS(=O)(=O)c1c(F)c(F)c(N=[N+]=[N-])c(F)c1F.C[N+](C)(CCCS(=O)(=O)[O-])CCNS(=O)(=O)c1c(F)c(F)c(N=[N+]=[N-])c(F)c1F.O=S1(=O)CCCO1. The van der Waals surface area contributed by atoms with Crippen molar-refractivity contribution in [3.05, 3.63) is 67.4 Å². The van der Waals surface area contributed by atoms with E-state index in [-0.39, 0.29) is 42.8 Å². The Hall–Kier alpha value is -3.94. The van der Waals surface area contributed by atoms with Gasteiger partial charge in [-0.1, -0.05) is 10.2 Å². The van der Waals surface area contributed by atoms with E-state index in [0.29, 0.717) is 13.0 Å². The number of halogens is 8. The first-order valence-electron chi connectivity index (χ1n) is 15.6. The number of likely N-dealkylation sites (N-methyl/N-ethyl adjacent to an activating group) is 2. The van der Waals surface area contributed by atoms with Gasteiger partial charge in [-0.15, -0.1) is 0 Å². The molecule has 58 heavy (non-hydrogen) atoms. The zero-order valence-electron chi connectivity index (χ0n) is 30.4. The van der Waals surface area contributed by atoms with Gasteiger partial charge < -0.3 is 13.9 Å². The summed E-state index contributed by atoms with van der Waals surface area (Å²) in [6, 6.07) is 0. The molecule has 2 N–H and O–H groups in total. The Morgan fingerprint density at radius 1 is 0.741 bits per heavy atom. The molecule has 1 aliphatic heterocycles. The molecule has 0 spiro atoms. The molecular weight excluding hydrogens is 893 g/mol. The van der Waals surface area contributed by atoms with Crippen LogP contribution in [0.2, 0.25) is 0 Å². The predicted octanol–water partition coefficient (Wildman–Crippen LogP) is 3.24. The first kappa shape index (κ1) is 52.1. The van der Waals surface area contributed by atoms with Crippen molar-refractivity contribution in [3.8, 4) is 0 Å². The van der Waals surface area contributed by atoms with Crippen molar-refractivity contribution in [2.45, 2.75) is 22.6 Å². The van der Waals surface area contributed by atoms with E-state index in [2.05, 4.69) is 14.4 Å². The second-order valence-electron chi connectivity index (χ2n) is 12.3. The average Bonchev–Trinajstić information content (AvgIpc) is 3.49. The van der Waals surface area contributed by atoms with Gasteiger partial charge in [0, 0.05) is 35.1 Å². The van der Waals surface area contributed by atoms with Crippen LogP contribution in [0.15, 0.2) is 20.0 Å². The fourth-order valence-corrected chi connectivity index (χ4v) is 7.98. The van der Waals surface area contributed by atoms with Crippen LogP contribution in [0.3, 0.4) is 0 Å². The third-order valence-corrected chi connectivity index (χ3v) is 12.1. The van der Waals surface area contributed by atoms with Crippen LogP contribution in [0, 0.1) is 46.5 Å². The quantitative estimate of drug-likeness (QED) is 0.0360. The third-order valence-electron chi connectivity index (χ3n) is 7.05. The van der Waals surface area contributed by atoms with Crippen LogP contribution in [-0.2, 0) is 44.5 Å². The van der Waals surface area contributed by atoms with E-state index < -0.39 is 120 Å². The molecule has 3 rings (SSSR count). The van der Waals surface area contributed by atoms with Crippen molar-refractivity contribution >= 4 is 51.7 Å². The summed E-state index contributed by atoms with van der Waals surface area (Å²) in [6.45, 7) is 0.0426. The van der Waals surface area contributed by atoms with Crippen molar-refractivity contribution < 1.29 is 82.0 Å². The molecular formula is C26H34F8N10O10S4. The van der Waals surface area contributed by atoms with E-state index in [4.69, 9.17) is 11.1 Å². The summed E-state index contributed by atoms with van der Waals surface area (Å²) in [5.41, 5.74) is 13.0. The Morgan fingerprint density at radius 2 is 1.14 bits per heavy atom. The molecule has 0 saturated carbocycles. The number of hydrogen-bond donors (Lipinski definition) is 2. The van der Waals surface area contributed by atoms with Crippen molar-refractivity contribution in [2.75, 3.05) is 79.0 Å². The van der Waals surface area contributed by atoms with Crippen LogP contribution in [0.25, 0.3) is 20.9 Å². The number of hydrogen-bond acceptors (Lipinski definition) is 13. The highest BCUT2D eigenvalue weighted by molar-refractivity contribution is 7.89. The van der Waals surface area contributed by atoms with Gasteiger partial charge in [0.1, 0.15) is 11.4 Å². The monoisotopic (exact) mass is 926 g/mol. The van der Waals surface area contributed by atoms with Crippen LogP contribution >= 0.6 is 0 Å². The molecule has 0 bridgehead atoms. The normalized spacial score (nSPS) is 14.1. The van der Waals surface area contributed by atoms with Crippen molar-refractivity contribution in [2.24, 2.45) is 10.2 Å². The minimum atomic E-state index is -5.04. The molecule has 2 aromatic carbocycles. The summed E-state index contributed by atoms with van der Waals surface area (Å²) in [5.74, 6) is -17.8. The molecule has 1 aliphatic rings. The number of quaternary nitrogens is 1. The Kier molecular flexibility index (Phi) is 19.2. The lowest BCUT2D eigenvalue weighted by molar-refractivity contribution is -0.889. The van der Waals surface area contributed by atoms with E-state index in [1.54, 1.807) is 37.8 Å². The van der Waals surface area contributed by atoms with Crippen molar-refractivity contribution in [1.29, 1.82) is 0 Å². The molecule has 328 valence electrons. The molecule has 1 fully saturated rings. The molecule has 1 saturated heterocycles. The number of nitrogens with one attached hydrogen (secondary N) is 2. The predicted molar refractivity (Wildman–Crippen MR) is 184 cm³/mol. The van der Waals surface area contributed by atoms with Gasteiger partial charge in [0.05, 0.1) is 56.2 Å². The van der Waals surface area contributed by atoms with Gasteiger partial charge in [-0.2, -0.15) is 8.42 Å². The van der Waals surface area contributed by atoms with Gasteiger partial charge in [0.15, 0.2) is 56.3 Å². The maximum absolute atomic E-state index is 14.0. The third kappa shape index (κ3) is 15.3. The highest BCUT2D eigenvalue weighted by atomic mass is 32.2. The average molecular weight is 927 g/mol. The molecule has 0 amide bonds. The Morgan fingerprint density at radius 3 is 1.43 bits per heavy atom. The molecule has 0 aliphatic carbocycles. The second kappa shape index (κ2) is 21.4. The lowest BCUT2D eigenvalue weighted by Crippen LogP contribution is -2.46. The van der Waals surface area contributed by atoms with E-state index in [1.165, 1.54) is 0 Å². The maximum Gasteiger partial charge on any atom is 0.267 e. The Labute approximate surface area is 326 Å². The fraction of sp³-hybridized carbons (Fsp3) is 0.538. The second-order valence-corrected chi connectivity index (χ2v) is 19.0. The lowest BCUT2D eigenvalue weighted by atomic mass is 10.2. The minimum Gasteiger partial charge on any atom is -0.748 e. The van der Waals surface area contributed by atoms with Gasteiger partial charge >= 0.3 is 0 Å². The standard InChI is InChI=1S/C13H17F4N5O5S2.C10H11F4N5O2S.C3H6O3S/c1-22(2,5-3-7-28(23,24)25)6-4-19-29(26,27)13-10(16)8(14)12(20-21-18)9(15)11(13)17;1-19(2)4-3-16-22(20,21)10-7(13)5(11)9(17-18-15)6(12)8(10)14;4-7(5)3-1-2-6-7/h19H,3-7H2,1-2H3;16H,3-4H2,1-2H3;1-3H2. The number of sulfonamides is 2.